The number of rotatable bonds is 4. The number of hydrogen-bond donors (Lipinski definition) is 2. The van der Waals surface area contributed by atoms with Gasteiger partial charge in [-0.3, -0.25) is 0 Å². The van der Waals surface area contributed by atoms with Crippen molar-refractivity contribution in [3.63, 3.8) is 0 Å². The minimum absolute atomic E-state index is 0.0977. The summed E-state index contributed by atoms with van der Waals surface area (Å²) >= 11 is 0. The lowest BCUT2D eigenvalue weighted by molar-refractivity contribution is -0.133. The highest BCUT2D eigenvalue weighted by Gasteiger charge is 2.24. The van der Waals surface area contributed by atoms with Crippen molar-refractivity contribution in [1.29, 1.82) is 0 Å². The van der Waals surface area contributed by atoms with Crippen LogP contribution in [0.3, 0.4) is 0 Å². The summed E-state index contributed by atoms with van der Waals surface area (Å²) in [7, 11) is 1.50. The summed E-state index contributed by atoms with van der Waals surface area (Å²) in [5.74, 6) is -0.309. The highest BCUT2D eigenvalue weighted by atomic mass is 16.5. The van der Waals surface area contributed by atoms with Crippen LogP contribution in [0.4, 0.5) is 0 Å². The van der Waals surface area contributed by atoms with Crippen LogP contribution in [0.2, 0.25) is 0 Å². The third-order valence-electron chi connectivity index (χ3n) is 4.91. The van der Waals surface area contributed by atoms with Crippen LogP contribution in [0.25, 0.3) is 16.8 Å². The fraction of sp³-hybridized carbons (Fsp3) is 0.350. The molecule has 1 fully saturated rings. The average molecular weight is 326 g/mol. The maximum Gasteiger partial charge on any atom is 0.331 e. The lowest BCUT2D eigenvalue weighted by Crippen LogP contribution is -2.09. The fourth-order valence-electron chi connectivity index (χ4n) is 3.67. The molecule has 2 aromatic rings. The van der Waals surface area contributed by atoms with Crippen LogP contribution in [0, 0.1) is 12.8 Å². The number of phenols is 1. The predicted octanol–water partition coefficient (Wildman–Crippen LogP) is 4.52. The molecule has 0 saturated heterocycles. The Morgan fingerprint density at radius 1 is 1.29 bits per heavy atom. The lowest BCUT2D eigenvalue weighted by Gasteiger charge is -2.14. The second-order valence-electron chi connectivity index (χ2n) is 6.40. The van der Waals surface area contributed by atoms with E-state index in [9.17, 15) is 15.0 Å². The Morgan fingerprint density at radius 2 is 2.00 bits per heavy atom. The quantitative estimate of drug-likeness (QED) is 0.811. The summed E-state index contributed by atoms with van der Waals surface area (Å²) in [6.07, 6.45) is 5.75. The van der Waals surface area contributed by atoms with E-state index in [1.807, 2.05) is 25.1 Å². The molecule has 0 amide bonds. The first-order valence-electron chi connectivity index (χ1n) is 8.27. The topological polar surface area (TPSA) is 66.8 Å². The second kappa shape index (κ2) is 6.56. The molecule has 4 nitrogen and oxygen atoms in total. The minimum Gasteiger partial charge on any atom is -0.504 e. The number of hydrogen-bond acceptors (Lipinski definition) is 3. The molecule has 0 radical (unpaired) electrons. The van der Waals surface area contributed by atoms with Crippen molar-refractivity contribution in [2.24, 2.45) is 5.92 Å². The molecule has 0 aromatic heterocycles. The molecule has 4 heteroatoms. The minimum atomic E-state index is -0.866. The predicted molar refractivity (Wildman–Crippen MR) is 94.5 cm³/mol. The van der Waals surface area contributed by atoms with E-state index in [0.29, 0.717) is 16.7 Å². The van der Waals surface area contributed by atoms with Crippen molar-refractivity contribution in [3.8, 4) is 11.5 Å². The van der Waals surface area contributed by atoms with Crippen molar-refractivity contribution in [1.82, 2.24) is 0 Å². The Hall–Kier alpha value is -2.49. The Balaban J connectivity index is 2.24. The molecule has 3 rings (SSSR count). The highest BCUT2D eigenvalue weighted by molar-refractivity contribution is 6.02. The van der Waals surface area contributed by atoms with Crippen molar-refractivity contribution >= 4 is 22.8 Å². The molecule has 0 spiro atoms. The van der Waals surface area contributed by atoms with Gasteiger partial charge in [-0.15, -0.1) is 0 Å². The van der Waals surface area contributed by atoms with Gasteiger partial charge in [-0.05, 0) is 54.3 Å². The van der Waals surface area contributed by atoms with Crippen LogP contribution in [-0.4, -0.2) is 23.3 Å². The summed E-state index contributed by atoms with van der Waals surface area (Å²) in [5.41, 5.74) is 2.15. The Kier molecular flexibility index (Phi) is 4.47. The van der Waals surface area contributed by atoms with E-state index in [1.165, 1.54) is 7.11 Å². The molecule has 24 heavy (non-hydrogen) atoms. The SMILES string of the molecule is COc1cc(C=C(C(=O)O)C2CCCC2)c2cccc(C)c2c1O. The van der Waals surface area contributed by atoms with Gasteiger partial charge in [-0.25, -0.2) is 4.79 Å². The molecule has 0 atom stereocenters. The summed E-state index contributed by atoms with van der Waals surface area (Å²) < 4.78 is 5.29. The third-order valence-corrected chi connectivity index (χ3v) is 4.91. The number of benzene rings is 2. The average Bonchev–Trinajstić information content (AvgIpc) is 3.08. The first kappa shape index (κ1) is 16.4. The first-order valence-corrected chi connectivity index (χ1v) is 8.27. The second-order valence-corrected chi connectivity index (χ2v) is 6.40. The van der Waals surface area contributed by atoms with Gasteiger partial charge in [0.1, 0.15) is 0 Å². The number of carbonyl (C=O) groups is 1. The number of ether oxygens (including phenoxy) is 1. The molecule has 1 saturated carbocycles. The number of methoxy groups -OCH3 is 1. The molecule has 1 aliphatic carbocycles. The van der Waals surface area contributed by atoms with Crippen LogP contribution in [0.5, 0.6) is 11.5 Å². The van der Waals surface area contributed by atoms with E-state index < -0.39 is 5.97 Å². The van der Waals surface area contributed by atoms with Crippen LogP contribution in [0.15, 0.2) is 29.8 Å². The lowest BCUT2D eigenvalue weighted by atomic mass is 9.92. The summed E-state index contributed by atoms with van der Waals surface area (Å²) in [6, 6.07) is 7.46. The monoisotopic (exact) mass is 326 g/mol. The summed E-state index contributed by atoms with van der Waals surface area (Å²) in [6.45, 7) is 1.92. The van der Waals surface area contributed by atoms with Crippen LogP contribution in [-0.2, 0) is 4.79 Å². The maximum absolute atomic E-state index is 11.8. The molecule has 2 N–H and O–H groups in total. The number of phenolic OH excluding ortho intramolecular Hbond substituents is 1. The van der Waals surface area contributed by atoms with Gasteiger partial charge in [-0.2, -0.15) is 0 Å². The maximum atomic E-state index is 11.8. The molecule has 2 aromatic carbocycles. The van der Waals surface area contributed by atoms with Crippen LogP contribution in [0.1, 0.15) is 36.8 Å². The number of carboxylic acid groups (broad SMARTS) is 1. The first-order chi connectivity index (χ1) is 11.5. The molecule has 0 unspecified atom stereocenters. The van der Waals surface area contributed by atoms with E-state index in [2.05, 4.69) is 0 Å². The Morgan fingerprint density at radius 3 is 2.62 bits per heavy atom. The fourth-order valence-corrected chi connectivity index (χ4v) is 3.67. The van der Waals surface area contributed by atoms with E-state index in [4.69, 9.17) is 4.74 Å². The molecule has 0 heterocycles. The van der Waals surface area contributed by atoms with Crippen molar-refractivity contribution in [3.05, 3.63) is 41.0 Å². The van der Waals surface area contributed by atoms with Gasteiger partial charge in [0.25, 0.3) is 0 Å². The third kappa shape index (κ3) is 2.84. The normalized spacial score (nSPS) is 15.8. The van der Waals surface area contributed by atoms with Crippen molar-refractivity contribution in [2.75, 3.05) is 7.11 Å². The smallest absolute Gasteiger partial charge is 0.331 e. The Labute approximate surface area is 141 Å². The van der Waals surface area contributed by atoms with Crippen molar-refractivity contribution < 1.29 is 19.7 Å². The number of aliphatic carboxylic acids is 1. The summed E-state index contributed by atoms with van der Waals surface area (Å²) in [4.78, 5) is 11.8. The zero-order valence-electron chi connectivity index (χ0n) is 14.0. The van der Waals surface area contributed by atoms with E-state index in [1.54, 1.807) is 12.1 Å². The molecule has 0 aliphatic heterocycles. The van der Waals surface area contributed by atoms with Gasteiger partial charge in [-0.1, -0.05) is 31.0 Å². The number of aromatic hydroxyl groups is 1. The zero-order valence-corrected chi connectivity index (χ0v) is 14.0. The molecule has 1 aliphatic rings. The number of fused-ring (bicyclic) bond motifs is 1. The van der Waals surface area contributed by atoms with E-state index in [-0.39, 0.29) is 11.7 Å². The molecular formula is C20H22O4. The molecule has 126 valence electrons. The number of aryl methyl sites for hydroxylation is 1. The van der Waals surface area contributed by atoms with Gasteiger partial charge in [0, 0.05) is 11.0 Å². The van der Waals surface area contributed by atoms with Gasteiger partial charge in [0.2, 0.25) is 0 Å². The molecule has 0 bridgehead atoms. The zero-order chi connectivity index (χ0) is 17.3. The Bertz CT molecular complexity index is 814. The van der Waals surface area contributed by atoms with Gasteiger partial charge in [0.05, 0.1) is 7.11 Å². The number of carboxylic acids is 1. The van der Waals surface area contributed by atoms with Crippen LogP contribution < -0.4 is 4.74 Å². The van der Waals surface area contributed by atoms with Crippen LogP contribution >= 0.6 is 0 Å². The molecular weight excluding hydrogens is 304 g/mol. The van der Waals surface area contributed by atoms with Gasteiger partial charge in [0.15, 0.2) is 11.5 Å². The van der Waals surface area contributed by atoms with Gasteiger partial charge < -0.3 is 14.9 Å². The van der Waals surface area contributed by atoms with E-state index in [0.717, 1.165) is 42.2 Å². The highest BCUT2D eigenvalue weighted by Crippen LogP contribution is 2.40. The van der Waals surface area contributed by atoms with E-state index >= 15 is 0 Å². The van der Waals surface area contributed by atoms with Gasteiger partial charge >= 0.3 is 5.97 Å². The largest absolute Gasteiger partial charge is 0.504 e. The standard InChI is InChI=1S/C20H22O4/c1-12-6-5-9-15-14(11-17(24-2)19(21)18(12)15)10-16(20(22)23)13-7-3-4-8-13/h5-6,9-11,13,21H,3-4,7-8H2,1-2H3,(H,22,23). The summed E-state index contributed by atoms with van der Waals surface area (Å²) in [5, 5.41) is 21.6. The van der Waals surface area contributed by atoms with Crippen molar-refractivity contribution in [2.45, 2.75) is 32.6 Å².